The van der Waals surface area contributed by atoms with Crippen LogP contribution in [0.4, 0.5) is 0 Å². The van der Waals surface area contributed by atoms with Crippen LogP contribution in [0.3, 0.4) is 0 Å². The van der Waals surface area contributed by atoms with E-state index in [9.17, 15) is 0 Å². The van der Waals surface area contributed by atoms with Gasteiger partial charge in [-0.05, 0) is 48.4 Å². The molecule has 40 heavy (non-hydrogen) atoms. The minimum atomic E-state index is 0.723. The van der Waals surface area contributed by atoms with Gasteiger partial charge in [-0.1, -0.05) is 124 Å². The smallest absolute Gasteiger partial charge is 0.138 e. The van der Waals surface area contributed by atoms with Crippen LogP contribution in [0.2, 0.25) is 0 Å². The second kappa shape index (κ2) is 12.2. The zero-order chi connectivity index (χ0) is 27.9. The van der Waals surface area contributed by atoms with Crippen LogP contribution in [-0.2, 0) is 0 Å². The number of benzene rings is 4. The number of pyridine rings is 1. The molecule has 0 N–H and O–H groups in total. The summed E-state index contributed by atoms with van der Waals surface area (Å²) in [5.74, 6) is 0.888. The number of rotatable bonds is 6. The van der Waals surface area contributed by atoms with Crippen LogP contribution in [0.1, 0.15) is 37.6 Å². The van der Waals surface area contributed by atoms with Gasteiger partial charge in [-0.3, -0.25) is 4.57 Å². The first-order valence-corrected chi connectivity index (χ1v) is 13.7. The minimum absolute atomic E-state index is 0.723. The first-order valence-electron chi connectivity index (χ1n) is 13.7. The van der Waals surface area contributed by atoms with Gasteiger partial charge in [-0.25, -0.2) is 9.98 Å². The molecular weight excluding hydrogens is 486 g/mol. The van der Waals surface area contributed by atoms with Crippen LogP contribution in [0, 0.1) is 0 Å². The van der Waals surface area contributed by atoms with Gasteiger partial charge < -0.3 is 0 Å². The number of para-hydroxylation sites is 2. The second-order valence-corrected chi connectivity index (χ2v) is 9.25. The van der Waals surface area contributed by atoms with Crippen molar-refractivity contribution in [1.82, 2.24) is 9.55 Å². The molecule has 0 radical (unpaired) electrons. The number of nitrogens with zero attached hydrogens (tertiary/aromatic N) is 3. The third-order valence-electron chi connectivity index (χ3n) is 6.73. The molecule has 0 saturated heterocycles. The molecule has 0 fully saturated rings. The van der Waals surface area contributed by atoms with Gasteiger partial charge in [0.25, 0.3) is 0 Å². The lowest BCUT2D eigenvalue weighted by Gasteiger charge is -2.10. The van der Waals surface area contributed by atoms with Crippen molar-refractivity contribution in [2.75, 3.05) is 0 Å². The molecule has 0 saturated carbocycles. The maximum Gasteiger partial charge on any atom is 0.138 e. The fraction of sp³-hybridized carbons (Fsp3) is 0.0811. The zero-order valence-corrected chi connectivity index (χ0v) is 23.3. The predicted octanol–water partition coefficient (Wildman–Crippen LogP) is 9.77. The lowest BCUT2D eigenvalue weighted by Crippen LogP contribution is -2.02. The number of aliphatic imine (C=N–C) groups is 1. The highest BCUT2D eigenvalue weighted by atomic mass is 15.1. The van der Waals surface area contributed by atoms with Crippen molar-refractivity contribution < 1.29 is 0 Å². The molecule has 3 nitrogen and oxygen atoms in total. The van der Waals surface area contributed by atoms with E-state index in [0.29, 0.717) is 0 Å². The van der Waals surface area contributed by atoms with Gasteiger partial charge in [0.15, 0.2) is 0 Å². The van der Waals surface area contributed by atoms with Gasteiger partial charge in [0, 0.05) is 16.3 Å². The molecular formula is C37H33N3. The molecule has 0 atom stereocenters. The van der Waals surface area contributed by atoms with Crippen molar-refractivity contribution in [3.8, 4) is 5.82 Å². The molecule has 6 aromatic rings. The molecule has 0 aliphatic carbocycles. The van der Waals surface area contributed by atoms with Gasteiger partial charge in [0.2, 0.25) is 0 Å². The van der Waals surface area contributed by atoms with E-state index in [0.717, 1.165) is 50.7 Å². The number of allylic oxidation sites excluding steroid dienone is 2. The van der Waals surface area contributed by atoms with E-state index in [1.807, 2.05) is 62.4 Å². The van der Waals surface area contributed by atoms with Crippen LogP contribution in [0.15, 0.2) is 145 Å². The lowest BCUT2D eigenvalue weighted by atomic mass is 10.0. The maximum absolute atomic E-state index is 5.12. The summed E-state index contributed by atoms with van der Waals surface area (Å²) in [5.41, 5.74) is 7.81. The van der Waals surface area contributed by atoms with Crippen molar-refractivity contribution in [3.63, 3.8) is 0 Å². The van der Waals surface area contributed by atoms with Crippen LogP contribution < -0.4 is 0 Å². The van der Waals surface area contributed by atoms with E-state index in [1.54, 1.807) is 0 Å². The Hall–Kier alpha value is -5.02. The fourth-order valence-corrected chi connectivity index (χ4v) is 4.85. The molecule has 2 aromatic heterocycles. The molecule has 0 bridgehead atoms. The largest absolute Gasteiger partial charge is 0.294 e. The van der Waals surface area contributed by atoms with E-state index in [2.05, 4.69) is 103 Å². The van der Waals surface area contributed by atoms with Gasteiger partial charge >= 0.3 is 0 Å². The SMILES string of the molecule is C=C(N=C(/C=C(\C)c1cccc(-n2c3ccccc3c3ccccc32)n1)c1ccccc1)c1ccccc1.CC. The monoisotopic (exact) mass is 519 g/mol. The summed E-state index contributed by atoms with van der Waals surface area (Å²) in [6, 6.07) is 43.5. The summed E-state index contributed by atoms with van der Waals surface area (Å²) in [6.07, 6.45) is 2.10. The van der Waals surface area contributed by atoms with E-state index in [-0.39, 0.29) is 0 Å². The van der Waals surface area contributed by atoms with Crippen molar-refractivity contribution >= 4 is 38.8 Å². The van der Waals surface area contributed by atoms with Crippen molar-refractivity contribution in [2.45, 2.75) is 20.8 Å². The quantitative estimate of drug-likeness (QED) is 0.201. The van der Waals surface area contributed by atoms with Gasteiger partial charge in [0.05, 0.1) is 28.1 Å². The van der Waals surface area contributed by atoms with Crippen LogP contribution in [0.5, 0.6) is 0 Å². The molecule has 0 aliphatic rings. The Bertz CT molecular complexity index is 1770. The first kappa shape index (κ1) is 26.6. The van der Waals surface area contributed by atoms with Crippen LogP contribution >= 0.6 is 0 Å². The van der Waals surface area contributed by atoms with E-state index < -0.39 is 0 Å². The zero-order valence-electron chi connectivity index (χ0n) is 23.3. The highest BCUT2D eigenvalue weighted by Crippen LogP contribution is 2.31. The van der Waals surface area contributed by atoms with Gasteiger partial charge in [-0.15, -0.1) is 0 Å². The van der Waals surface area contributed by atoms with Crippen molar-refractivity contribution in [3.05, 3.63) is 157 Å². The Morgan fingerprint density at radius 1 is 0.650 bits per heavy atom. The summed E-state index contributed by atoms with van der Waals surface area (Å²) < 4.78 is 2.24. The number of aromatic nitrogens is 2. The molecule has 196 valence electrons. The Morgan fingerprint density at radius 3 is 1.77 bits per heavy atom. The Kier molecular flexibility index (Phi) is 8.13. The van der Waals surface area contributed by atoms with Crippen LogP contribution in [-0.4, -0.2) is 15.3 Å². The highest BCUT2D eigenvalue weighted by Gasteiger charge is 2.13. The van der Waals surface area contributed by atoms with Crippen molar-refractivity contribution in [2.24, 2.45) is 4.99 Å². The molecule has 0 unspecified atom stereocenters. The summed E-state index contributed by atoms with van der Waals surface area (Å²) in [5, 5.41) is 2.45. The Morgan fingerprint density at radius 2 is 1.18 bits per heavy atom. The van der Waals surface area contributed by atoms with Gasteiger partial charge in [0.1, 0.15) is 5.82 Å². The van der Waals surface area contributed by atoms with E-state index in [1.165, 1.54) is 10.8 Å². The molecule has 2 heterocycles. The van der Waals surface area contributed by atoms with E-state index >= 15 is 0 Å². The highest BCUT2D eigenvalue weighted by molar-refractivity contribution is 6.14. The maximum atomic E-state index is 5.12. The average Bonchev–Trinajstić information content (AvgIpc) is 3.37. The third-order valence-corrected chi connectivity index (χ3v) is 6.73. The second-order valence-electron chi connectivity index (χ2n) is 9.25. The van der Waals surface area contributed by atoms with Crippen molar-refractivity contribution in [1.29, 1.82) is 0 Å². The Balaban J connectivity index is 0.00000158. The molecule has 6 rings (SSSR count). The third kappa shape index (κ3) is 5.41. The minimum Gasteiger partial charge on any atom is -0.294 e. The number of hydrogen-bond acceptors (Lipinski definition) is 2. The van der Waals surface area contributed by atoms with Gasteiger partial charge in [-0.2, -0.15) is 0 Å². The summed E-state index contributed by atoms with van der Waals surface area (Å²) in [6.45, 7) is 10.3. The molecule has 0 spiro atoms. The summed E-state index contributed by atoms with van der Waals surface area (Å²) in [7, 11) is 0. The fourth-order valence-electron chi connectivity index (χ4n) is 4.85. The predicted molar refractivity (Wildman–Crippen MR) is 172 cm³/mol. The first-order chi connectivity index (χ1) is 19.7. The molecule has 4 aromatic carbocycles. The summed E-state index contributed by atoms with van der Waals surface area (Å²) >= 11 is 0. The molecule has 3 heteroatoms. The Labute approximate surface area is 236 Å². The average molecular weight is 520 g/mol. The van der Waals surface area contributed by atoms with Crippen LogP contribution in [0.25, 0.3) is 38.9 Å². The van der Waals surface area contributed by atoms with E-state index in [4.69, 9.17) is 9.98 Å². The summed E-state index contributed by atoms with van der Waals surface area (Å²) in [4.78, 5) is 10.1. The standard InChI is InChI=1S/C35H27N3.C2H6/c1-25(24-32(28-16-7-4-8-17-28)36-26(2)27-14-5-3-6-15-27)31-20-13-23-35(37-31)38-33-21-11-9-18-29(33)30-19-10-12-22-34(30)38;1-2/h3-24H,2H2,1H3;1-2H3/b25-24+,36-32?;. The topological polar surface area (TPSA) is 30.2 Å². The lowest BCUT2D eigenvalue weighted by molar-refractivity contribution is 1.07. The molecule has 0 amide bonds. The molecule has 0 aliphatic heterocycles. The number of hydrogen-bond donors (Lipinski definition) is 0. The number of fused-ring (bicyclic) bond motifs is 3. The normalized spacial score (nSPS) is 11.8.